The van der Waals surface area contributed by atoms with Crippen molar-refractivity contribution >= 4 is 23.3 Å². The molecule has 0 bridgehead atoms. The van der Waals surface area contributed by atoms with Gasteiger partial charge in [-0.15, -0.1) is 11.3 Å². The average Bonchev–Trinajstić information content (AvgIpc) is 2.90. The normalized spacial score (nSPS) is 13.6. The van der Waals surface area contributed by atoms with E-state index < -0.39 is 6.03 Å². The van der Waals surface area contributed by atoms with Crippen molar-refractivity contribution in [2.24, 2.45) is 0 Å². The zero-order valence-corrected chi connectivity index (χ0v) is 13.2. The van der Waals surface area contributed by atoms with Gasteiger partial charge in [-0.25, -0.2) is 4.79 Å². The van der Waals surface area contributed by atoms with Crippen LogP contribution < -0.4 is 15.5 Å². The van der Waals surface area contributed by atoms with E-state index in [-0.39, 0.29) is 11.9 Å². The molecule has 0 fully saturated rings. The first-order chi connectivity index (χ1) is 9.55. The lowest BCUT2D eigenvalue weighted by atomic mass is 10.3. The number of thiophene rings is 1. The molecule has 0 saturated heterocycles. The summed E-state index contributed by atoms with van der Waals surface area (Å²) in [7, 11) is 0. The van der Waals surface area contributed by atoms with Gasteiger partial charge in [0, 0.05) is 6.04 Å². The minimum Gasteiger partial charge on any atom is -0.335 e. The Labute approximate surface area is 124 Å². The number of hydrogen-bond acceptors (Lipinski definition) is 3. The van der Waals surface area contributed by atoms with Crippen LogP contribution in [0.5, 0.6) is 0 Å². The maximum absolute atomic E-state index is 11.8. The lowest BCUT2D eigenvalue weighted by Crippen LogP contribution is -3.11. The number of urea groups is 1. The van der Waals surface area contributed by atoms with Crippen LogP contribution in [-0.4, -0.2) is 31.1 Å². The minimum atomic E-state index is -0.407. The van der Waals surface area contributed by atoms with Gasteiger partial charge in [-0.1, -0.05) is 13.0 Å². The third-order valence-corrected chi connectivity index (χ3v) is 4.03. The fourth-order valence-electron chi connectivity index (χ4n) is 1.73. The van der Waals surface area contributed by atoms with Crippen molar-refractivity contribution in [3.63, 3.8) is 0 Å². The number of amides is 3. The Kier molecular flexibility index (Phi) is 7.25. The second-order valence-corrected chi connectivity index (χ2v) is 5.90. The van der Waals surface area contributed by atoms with Crippen molar-refractivity contribution in [1.29, 1.82) is 0 Å². The predicted octanol–water partition coefficient (Wildman–Crippen LogP) is 0.777. The summed E-state index contributed by atoms with van der Waals surface area (Å²) in [6, 6.07) is 3.74. The summed E-state index contributed by atoms with van der Waals surface area (Å²) in [4.78, 5) is 25.8. The predicted molar refractivity (Wildman–Crippen MR) is 80.8 cm³/mol. The summed E-state index contributed by atoms with van der Waals surface area (Å²) < 4.78 is 0. The van der Waals surface area contributed by atoms with E-state index in [4.69, 9.17) is 0 Å². The van der Waals surface area contributed by atoms with Gasteiger partial charge in [-0.05, 0) is 31.7 Å². The van der Waals surface area contributed by atoms with Crippen molar-refractivity contribution in [2.45, 2.75) is 39.8 Å². The van der Waals surface area contributed by atoms with Crippen LogP contribution in [0.15, 0.2) is 17.5 Å². The molecule has 1 aromatic rings. The van der Waals surface area contributed by atoms with Gasteiger partial charge in [-0.3, -0.25) is 10.1 Å². The fraction of sp³-hybridized carbons (Fsp3) is 0.571. The molecule has 20 heavy (non-hydrogen) atoms. The van der Waals surface area contributed by atoms with Crippen LogP contribution in [0.4, 0.5) is 4.79 Å². The molecule has 1 unspecified atom stereocenters. The van der Waals surface area contributed by atoms with Crippen molar-refractivity contribution in [3.05, 3.63) is 22.4 Å². The summed E-state index contributed by atoms with van der Waals surface area (Å²) in [6.45, 7) is 7.89. The van der Waals surface area contributed by atoms with E-state index in [1.807, 2.05) is 32.2 Å². The van der Waals surface area contributed by atoms with Gasteiger partial charge < -0.3 is 10.2 Å². The molecule has 0 spiro atoms. The molecule has 0 aliphatic heterocycles. The van der Waals surface area contributed by atoms with Crippen LogP contribution in [-0.2, 0) is 11.3 Å². The molecule has 0 aliphatic carbocycles. The van der Waals surface area contributed by atoms with E-state index in [2.05, 4.69) is 16.7 Å². The molecular weight excluding hydrogens is 274 g/mol. The molecule has 1 rings (SSSR count). The second-order valence-electron chi connectivity index (χ2n) is 4.87. The lowest BCUT2D eigenvalue weighted by molar-refractivity contribution is -0.903. The molecule has 0 saturated carbocycles. The van der Waals surface area contributed by atoms with E-state index in [1.54, 1.807) is 11.3 Å². The summed E-state index contributed by atoms with van der Waals surface area (Å²) in [5.74, 6) is -0.237. The molecule has 6 heteroatoms. The first kappa shape index (κ1) is 16.7. The second kappa shape index (κ2) is 8.71. The first-order valence-electron chi connectivity index (χ1n) is 7.01. The van der Waals surface area contributed by atoms with Gasteiger partial charge in [-0.2, -0.15) is 0 Å². The van der Waals surface area contributed by atoms with Gasteiger partial charge in [0.05, 0.1) is 11.4 Å². The van der Waals surface area contributed by atoms with Gasteiger partial charge in [0.1, 0.15) is 6.54 Å². The fourth-order valence-corrected chi connectivity index (χ4v) is 2.51. The standard InChI is InChI=1S/C14H23N3O2S/c1-4-11(3)15-14(19)16-13(18)10-17(5-2)9-12-7-6-8-20-12/h6-8,11H,4-5,9-10H2,1-3H3,(H2,15,16,18,19)/p+1/t11-/m0/s1. The van der Waals surface area contributed by atoms with Crippen LogP contribution in [0.2, 0.25) is 0 Å². The van der Waals surface area contributed by atoms with Crippen molar-refractivity contribution in [3.8, 4) is 0 Å². The third-order valence-electron chi connectivity index (χ3n) is 3.16. The molecule has 0 aromatic carbocycles. The van der Waals surface area contributed by atoms with Crippen molar-refractivity contribution in [1.82, 2.24) is 10.6 Å². The SMILES string of the molecule is CC[C@H](C)NC(=O)NC(=O)C[NH+](CC)Cc1cccs1. The Morgan fingerprint density at radius 3 is 2.70 bits per heavy atom. The van der Waals surface area contributed by atoms with Gasteiger partial charge in [0.2, 0.25) is 0 Å². The number of rotatable bonds is 7. The molecule has 5 nitrogen and oxygen atoms in total. The van der Waals surface area contributed by atoms with E-state index in [0.29, 0.717) is 6.54 Å². The smallest absolute Gasteiger partial charge is 0.321 e. The number of hydrogen-bond donors (Lipinski definition) is 3. The van der Waals surface area contributed by atoms with Crippen LogP contribution in [0.25, 0.3) is 0 Å². The monoisotopic (exact) mass is 298 g/mol. The first-order valence-corrected chi connectivity index (χ1v) is 7.89. The van der Waals surface area contributed by atoms with E-state index in [0.717, 1.165) is 24.4 Å². The van der Waals surface area contributed by atoms with Crippen molar-refractivity contribution < 1.29 is 14.5 Å². The number of nitrogens with one attached hydrogen (secondary N) is 3. The van der Waals surface area contributed by atoms with Crippen LogP contribution >= 0.6 is 11.3 Å². The van der Waals surface area contributed by atoms with Crippen LogP contribution in [0.3, 0.4) is 0 Å². The Morgan fingerprint density at radius 1 is 1.40 bits per heavy atom. The van der Waals surface area contributed by atoms with Gasteiger partial charge in [0.15, 0.2) is 6.54 Å². The average molecular weight is 298 g/mol. The van der Waals surface area contributed by atoms with Gasteiger partial charge in [0.25, 0.3) is 5.91 Å². The Bertz CT molecular complexity index is 420. The molecule has 0 radical (unpaired) electrons. The van der Waals surface area contributed by atoms with Crippen LogP contribution in [0.1, 0.15) is 32.1 Å². The molecule has 1 heterocycles. The van der Waals surface area contributed by atoms with Gasteiger partial charge >= 0.3 is 6.03 Å². The third kappa shape index (κ3) is 6.16. The summed E-state index contributed by atoms with van der Waals surface area (Å²) in [6.07, 6.45) is 0.840. The molecule has 3 N–H and O–H groups in total. The maximum Gasteiger partial charge on any atom is 0.321 e. The topological polar surface area (TPSA) is 62.6 Å². The van der Waals surface area contributed by atoms with E-state index >= 15 is 0 Å². The highest BCUT2D eigenvalue weighted by molar-refractivity contribution is 7.09. The lowest BCUT2D eigenvalue weighted by Gasteiger charge is -2.17. The highest BCUT2D eigenvalue weighted by Gasteiger charge is 2.16. The molecule has 112 valence electrons. The molecule has 1 aromatic heterocycles. The largest absolute Gasteiger partial charge is 0.335 e. The minimum absolute atomic E-state index is 0.0727. The maximum atomic E-state index is 11.8. The van der Waals surface area contributed by atoms with Crippen LogP contribution in [0, 0.1) is 0 Å². The van der Waals surface area contributed by atoms with E-state index in [1.165, 1.54) is 4.88 Å². The summed E-state index contributed by atoms with van der Waals surface area (Å²) >= 11 is 1.69. The summed E-state index contributed by atoms with van der Waals surface area (Å²) in [5, 5.41) is 7.13. The zero-order valence-electron chi connectivity index (χ0n) is 12.4. The molecular formula is C14H24N3O2S+. The Morgan fingerprint density at radius 2 is 2.15 bits per heavy atom. The van der Waals surface area contributed by atoms with E-state index in [9.17, 15) is 9.59 Å². The number of carbonyl (C=O) groups excluding carboxylic acids is 2. The molecule has 0 aliphatic rings. The highest BCUT2D eigenvalue weighted by atomic mass is 32.1. The molecule has 3 amide bonds. The number of quaternary nitrogens is 1. The number of likely N-dealkylation sites (N-methyl/N-ethyl adjacent to an activating group) is 1. The molecule has 2 atom stereocenters. The number of carbonyl (C=O) groups is 2. The highest BCUT2D eigenvalue weighted by Crippen LogP contribution is 2.05. The zero-order chi connectivity index (χ0) is 15.0. The quantitative estimate of drug-likeness (QED) is 0.696. The Balaban J connectivity index is 2.37. The Hall–Kier alpha value is -1.40. The number of imide groups is 1. The summed E-state index contributed by atoms with van der Waals surface area (Å²) in [5.41, 5.74) is 0. The van der Waals surface area contributed by atoms with Crippen molar-refractivity contribution in [2.75, 3.05) is 13.1 Å².